The summed E-state index contributed by atoms with van der Waals surface area (Å²) < 4.78 is 46.6. The maximum Gasteiger partial charge on any atom is 0.416 e. The van der Waals surface area contributed by atoms with Crippen LogP contribution in [0, 0.1) is 6.92 Å². The van der Waals surface area contributed by atoms with Crippen molar-refractivity contribution in [2.45, 2.75) is 26.2 Å². The molecule has 154 valence electrons. The molecule has 1 amide bonds. The normalized spacial score (nSPS) is 11.7. The summed E-state index contributed by atoms with van der Waals surface area (Å²) in [6.07, 6.45) is -4.43. The highest BCUT2D eigenvalue weighted by Gasteiger charge is 2.30. The molecule has 1 N–H and O–H groups in total. The fourth-order valence-corrected chi connectivity index (χ4v) is 3.42. The van der Waals surface area contributed by atoms with E-state index in [0.717, 1.165) is 17.7 Å². The third-order valence-corrected chi connectivity index (χ3v) is 4.84. The summed E-state index contributed by atoms with van der Waals surface area (Å²) in [5, 5.41) is 2.86. The van der Waals surface area contributed by atoms with Crippen LogP contribution in [0.4, 0.5) is 13.2 Å². The summed E-state index contributed by atoms with van der Waals surface area (Å²) in [7, 11) is 0. The van der Waals surface area contributed by atoms with Gasteiger partial charge in [0.2, 0.25) is 0 Å². The molecule has 0 bridgehead atoms. The summed E-state index contributed by atoms with van der Waals surface area (Å²) in [5.41, 5.74) is 2.18. The van der Waals surface area contributed by atoms with Crippen molar-refractivity contribution in [3.63, 3.8) is 0 Å². The zero-order valence-corrected chi connectivity index (χ0v) is 16.2. The number of hydrogen-bond acceptors (Lipinski definition) is 2. The Balaban J connectivity index is 1.65. The van der Waals surface area contributed by atoms with Gasteiger partial charge >= 0.3 is 6.18 Å². The molecule has 0 aliphatic carbocycles. The molecule has 0 radical (unpaired) electrons. The Labute approximate surface area is 170 Å². The lowest BCUT2D eigenvalue weighted by Crippen LogP contribution is -2.25. The van der Waals surface area contributed by atoms with Gasteiger partial charge in [-0.25, -0.2) is 0 Å². The lowest BCUT2D eigenvalue weighted by molar-refractivity contribution is -0.137. The first kappa shape index (κ1) is 19.8. The SMILES string of the molecule is Cc1cc2c(cc(C(=O)NCc3ccccc3)n2Cc2cccc(C(F)(F)F)c2)o1. The summed E-state index contributed by atoms with van der Waals surface area (Å²) in [6, 6.07) is 18.0. The minimum absolute atomic E-state index is 0.112. The first-order valence-electron chi connectivity index (χ1n) is 9.39. The number of hydrogen-bond donors (Lipinski definition) is 1. The number of carbonyl (C=O) groups is 1. The second-order valence-electron chi connectivity index (χ2n) is 7.09. The number of alkyl halides is 3. The van der Waals surface area contributed by atoms with Crippen LogP contribution in [-0.2, 0) is 19.3 Å². The number of nitrogens with zero attached hydrogens (tertiary/aromatic N) is 1. The van der Waals surface area contributed by atoms with E-state index in [0.29, 0.717) is 34.7 Å². The number of nitrogens with one attached hydrogen (secondary N) is 1. The number of amides is 1. The van der Waals surface area contributed by atoms with Crippen LogP contribution in [0.2, 0.25) is 0 Å². The Kier molecular flexibility index (Phi) is 5.11. The van der Waals surface area contributed by atoms with Crippen LogP contribution >= 0.6 is 0 Å². The standard InChI is InChI=1S/C23H19F3N2O2/c1-15-10-19-21(30-15)12-20(22(29)27-13-16-6-3-2-4-7-16)28(19)14-17-8-5-9-18(11-17)23(24,25)26/h2-12H,13-14H2,1H3,(H,27,29). The molecule has 0 saturated heterocycles. The van der Waals surface area contributed by atoms with Crippen molar-refractivity contribution in [3.8, 4) is 0 Å². The Morgan fingerprint density at radius 3 is 2.47 bits per heavy atom. The van der Waals surface area contributed by atoms with Crippen LogP contribution in [0.15, 0.2) is 71.1 Å². The van der Waals surface area contributed by atoms with E-state index in [9.17, 15) is 18.0 Å². The van der Waals surface area contributed by atoms with Gasteiger partial charge in [0.25, 0.3) is 5.91 Å². The van der Waals surface area contributed by atoms with Crippen LogP contribution in [0.3, 0.4) is 0 Å². The highest BCUT2D eigenvalue weighted by molar-refractivity contribution is 5.97. The topological polar surface area (TPSA) is 47.2 Å². The maximum absolute atomic E-state index is 13.1. The van der Waals surface area contributed by atoms with Crippen molar-refractivity contribution in [1.29, 1.82) is 0 Å². The van der Waals surface area contributed by atoms with Gasteiger partial charge in [-0.15, -0.1) is 0 Å². The van der Waals surface area contributed by atoms with Gasteiger partial charge in [-0.1, -0.05) is 42.5 Å². The molecule has 4 aromatic rings. The van der Waals surface area contributed by atoms with Crippen molar-refractivity contribution in [3.05, 3.63) is 94.9 Å². The van der Waals surface area contributed by atoms with E-state index in [1.54, 1.807) is 29.7 Å². The fraction of sp³-hybridized carbons (Fsp3) is 0.174. The molecular formula is C23H19F3N2O2. The molecule has 0 aliphatic rings. The van der Waals surface area contributed by atoms with Crippen LogP contribution < -0.4 is 5.32 Å². The first-order valence-corrected chi connectivity index (χ1v) is 9.39. The summed E-state index contributed by atoms with van der Waals surface area (Å²) in [6.45, 7) is 2.24. The Bertz CT molecular complexity index is 1190. The molecule has 0 saturated carbocycles. The summed E-state index contributed by atoms with van der Waals surface area (Å²) in [5.74, 6) is 0.337. The smallest absolute Gasteiger partial charge is 0.416 e. The molecule has 0 atom stereocenters. The minimum atomic E-state index is -4.43. The van der Waals surface area contributed by atoms with E-state index in [-0.39, 0.29) is 12.5 Å². The van der Waals surface area contributed by atoms with Crippen molar-refractivity contribution >= 4 is 17.0 Å². The van der Waals surface area contributed by atoms with Gasteiger partial charge in [-0.05, 0) is 30.2 Å². The number of carbonyl (C=O) groups excluding carboxylic acids is 1. The Morgan fingerprint density at radius 2 is 1.73 bits per heavy atom. The zero-order valence-electron chi connectivity index (χ0n) is 16.2. The average molecular weight is 412 g/mol. The predicted molar refractivity (Wildman–Crippen MR) is 107 cm³/mol. The van der Waals surface area contributed by atoms with Gasteiger partial charge in [-0.2, -0.15) is 13.2 Å². The fourth-order valence-electron chi connectivity index (χ4n) is 3.42. The average Bonchev–Trinajstić information content (AvgIpc) is 3.23. The number of benzene rings is 2. The van der Waals surface area contributed by atoms with E-state index < -0.39 is 11.7 Å². The van der Waals surface area contributed by atoms with E-state index in [4.69, 9.17) is 4.42 Å². The van der Waals surface area contributed by atoms with E-state index >= 15 is 0 Å². The van der Waals surface area contributed by atoms with Gasteiger partial charge in [0.15, 0.2) is 5.58 Å². The summed E-state index contributed by atoms with van der Waals surface area (Å²) in [4.78, 5) is 12.9. The largest absolute Gasteiger partial charge is 0.460 e. The molecule has 2 aromatic carbocycles. The number of aromatic nitrogens is 1. The van der Waals surface area contributed by atoms with Crippen LogP contribution in [-0.4, -0.2) is 10.5 Å². The maximum atomic E-state index is 13.1. The predicted octanol–water partition coefficient (Wildman–Crippen LogP) is 5.54. The minimum Gasteiger partial charge on any atom is -0.460 e. The Hall–Kier alpha value is -3.48. The molecule has 2 aromatic heterocycles. The molecule has 0 unspecified atom stereocenters. The second-order valence-corrected chi connectivity index (χ2v) is 7.09. The molecule has 0 aliphatic heterocycles. The van der Waals surface area contributed by atoms with Gasteiger partial charge < -0.3 is 14.3 Å². The molecule has 0 spiro atoms. The number of fused-ring (bicyclic) bond motifs is 1. The zero-order chi connectivity index (χ0) is 21.3. The van der Waals surface area contributed by atoms with Crippen molar-refractivity contribution < 1.29 is 22.4 Å². The lowest BCUT2D eigenvalue weighted by atomic mass is 10.1. The van der Waals surface area contributed by atoms with E-state index in [2.05, 4.69) is 5.32 Å². The molecule has 4 nitrogen and oxygen atoms in total. The number of rotatable bonds is 5. The van der Waals surface area contributed by atoms with Crippen molar-refractivity contribution in [2.24, 2.45) is 0 Å². The molecule has 4 rings (SSSR count). The van der Waals surface area contributed by atoms with E-state index in [1.807, 2.05) is 30.3 Å². The van der Waals surface area contributed by atoms with Crippen molar-refractivity contribution in [1.82, 2.24) is 9.88 Å². The van der Waals surface area contributed by atoms with Crippen LogP contribution in [0.1, 0.15) is 32.9 Å². The second kappa shape index (κ2) is 7.74. The van der Waals surface area contributed by atoms with Gasteiger partial charge in [0.05, 0.1) is 11.1 Å². The van der Waals surface area contributed by atoms with Crippen LogP contribution in [0.5, 0.6) is 0 Å². The van der Waals surface area contributed by atoms with E-state index in [1.165, 1.54) is 6.07 Å². The molecule has 2 heterocycles. The first-order chi connectivity index (χ1) is 14.3. The van der Waals surface area contributed by atoms with Gasteiger partial charge in [-0.3, -0.25) is 4.79 Å². The lowest BCUT2D eigenvalue weighted by Gasteiger charge is -2.13. The number of aryl methyl sites for hydroxylation is 1. The van der Waals surface area contributed by atoms with Crippen molar-refractivity contribution in [2.75, 3.05) is 0 Å². The highest BCUT2D eigenvalue weighted by Crippen LogP contribution is 2.30. The number of halogens is 3. The third-order valence-electron chi connectivity index (χ3n) is 4.84. The molecule has 7 heteroatoms. The van der Waals surface area contributed by atoms with Gasteiger partial charge in [0, 0.05) is 25.2 Å². The quantitative estimate of drug-likeness (QED) is 0.468. The van der Waals surface area contributed by atoms with Crippen LogP contribution in [0.25, 0.3) is 11.1 Å². The summed E-state index contributed by atoms with van der Waals surface area (Å²) >= 11 is 0. The highest BCUT2D eigenvalue weighted by atomic mass is 19.4. The molecule has 30 heavy (non-hydrogen) atoms. The third kappa shape index (κ3) is 4.10. The molecular weight excluding hydrogens is 393 g/mol. The Morgan fingerprint density at radius 1 is 1.00 bits per heavy atom. The van der Waals surface area contributed by atoms with Gasteiger partial charge in [0.1, 0.15) is 11.5 Å². The number of furan rings is 1. The monoisotopic (exact) mass is 412 g/mol. The molecule has 0 fully saturated rings.